The molecule has 0 unspecified atom stereocenters. The molecule has 3 rings (SSSR count). The van der Waals surface area contributed by atoms with Gasteiger partial charge >= 0.3 is 5.97 Å². The fraction of sp³-hybridized carbons (Fsp3) is 0.176. The Morgan fingerprint density at radius 1 is 1.22 bits per heavy atom. The van der Waals surface area contributed by atoms with E-state index in [1.165, 1.54) is 19.5 Å². The molecule has 10 heteroatoms. The van der Waals surface area contributed by atoms with Crippen molar-refractivity contribution in [1.29, 1.82) is 0 Å². The third kappa shape index (κ3) is 4.50. The van der Waals surface area contributed by atoms with E-state index in [1.54, 1.807) is 12.1 Å². The highest BCUT2D eigenvalue weighted by Gasteiger charge is 2.19. The van der Waals surface area contributed by atoms with Gasteiger partial charge in [-0.15, -0.1) is 0 Å². The first kappa shape index (κ1) is 19.0. The Morgan fingerprint density at radius 2 is 1.96 bits per heavy atom. The highest BCUT2D eigenvalue weighted by molar-refractivity contribution is 7.90. The molecule has 0 saturated heterocycles. The first-order valence-corrected chi connectivity index (χ1v) is 9.97. The molecule has 0 amide bonds. The number of hydrogen-bond acceptors (Lipinski definition) is 8. The number of aromatic nitrogens is 3. The van der Waals surface area contributed by atoms with Crippen molar-refractivity contribution in [3.8, 4) is 0 Å². The number of esters is 1. The average molecular weight is 407 g/mol. The van der Waals surface area contributed by atoms with Crippen LogP contribution < -0.4 is 5.32 Å². The Bertz CT molecular complexity index is 1110. The van der Waals surface area contributed by atoms with Crippen molar-refractivity contribution in [2.75, 3.05) is 18.3 Å². The fourth-order valence-corrected chi connectivity index (χ4v) is 3.86. The molecule has 0 aliphatic heterocycles. The third-order valence-electron chi connectivity index (χ3n) is 3.66. The van der Waals surface area contributed by atoms with Crippen LogP contribution in [0.1, 0.15) is 16.1 Å². The van der Waals surface area contributed by atoms with Gasteiger partial charge in [-0.3, -0.25) is 0 Å². The standard InChI is InChI=1S/C17H15ClN4O4S/c1-26-17(23)14-16(20-7-6-19-14)21-10-27(24,25)9-12-8-11-4-2-3-5-13(11)22-15(12)18/h2-8H,9-10H2,1H3,(H,20,21). The zero-order chi connectivity index (χ0) is 19.4. The van der Waals surface area contributed by atoms with Crippen LogP contribution >= 0.6 is 11.6 Å². The minimum absolute atomic E-state index is 0.0238. The van der Waals surface area contributed by atoms with Crippen LogP contribution in [0.25, 0.3) is 10.9 Å². The van der Waals surface area contributed by atoms with E-state index in [2.05, 4.69) is 25.0 Å². The summed E-state index contributed by atoms with van der Waals surface area (Å²) in [5, 5.41) is 3.54. The number of rotatable bonds is 6. The summed E-state index contributed by atoms with van der Waals surface area (Å²) in [6.45, 7) is 0. The van der Waals surface area contributed by atoms with Crippen LogP contribution in [-0.4, -0.2) is 42.3 Å². The Morgan fingerprint density at radius 3 is 2.74 bits per heavy atom. The van der Waals surface area contributed by atoms with Crippen molar-refractivity contribution >= 4 is 44.1 Å². The molecule has 3 aromatic rings. The van der Waals surface area contributed by atoms with Gasteiger partial charge in [0, 0.05) is 23.3 Å². The first-order valence-electron chi connectivity index (χ1n) is 7.77. The number of ether oxygens (including phenoxy) is 1. The number of halogens is 1. The molecule has 0 aliphatic carbocycles. The molecule has 27 heavy (non-hydrogen) atoms. The summed E-state index contributed by atoms with van der Waals surface area (Å²) in [7, 11) is -2.43. The molecular formula is C17H15ClN4O4S. The Hall–Kier alpha value is -2.78. The van der Waals surface area contributed by atoms with Crippen LogP contribution in [0.3, 0.4) is 0 Å². The number of carbonyl (C=O) groups is 1. The number of anilines is 1. The van der Waals surface area contributed by atoms with E-state index < -0.39 is 21.7 Å². The number of methoxy groups -OCH3 is 1. The fourth-order valence-electron chi connectivity index (χ4n) is 2.42. The Kier molecular flexibility index (Phi) is 5.52. The zero-order valence-electron chi connectivity index (χ0n) is 14.2. The molecule has 1 N–H and O–H groups in total. The molecule has 0 radical (unpaired) electrons. The van der Waals surface area contributed by atoms with E-state index in [-0.39, 0.29) is 22.4 Å². The van der Waals surface area contributed by atoms with Crippen molar-refractivity contribution in [2.24, 2.45) is 0 Å². The minimum atomic E-state index is -3.63. The zero-order valence-corrected chi connectivity index (χ0v) is 15.8. The first-order chi connectivity index (χ1) is 12.9. The summed E-state index contributed by atoms with van der Waals surface area (Å²) in [4.78, 5) is 23.7. The highest BCUT2D eigenvalue weighted by Crippen LogP contribution is 2.22. The number of benzene rings is 1. The lowest BCUT2D eigenvalue weighted by atomic mass is 10.2. The molecule has 0 spiro atoms. The lowest BCUT2D eigenvalue weighted by Crippen LogP contribution is -2.20. The second kappa shape index (κ2) is 7.85. The van der Waals surface area contributed by atoms with Gasteiger partial charge in [0.25, 0.3) is 0 Å². The number of fused-ring (bicyclic) bond motifs is 1. The molecule has 0 aliphatic rings. The van der Waals surface area contributed by atoms with E-state index in [4.69, 9.17) is 11.6 Å². The van der Waals surface area contributed by atoms with Gasteiger partial charge in [0.15, 0.2) is 21.3 Å². The van der Waals surface area contributed by atoms with Crippen LogP contribution in [0, 0.1) is 0 Å². The van der Waals surface area contributed by atoms with Crippen molar-refractivity contribution in [3.05, 3.63) is 59.1 Å². The maximum Gasteiger partial charge on any atom is 0.360 e. The Balaban J connectivity index is 1.79. The van der Waals surface area contributed by atoms with Gasteiger partial charge in [-0.05, 0) is 12.1 Å². The largest absolute Gasteiger partial charge is 0.464 e. The number of carbonyl (C=O) groups excluding carboxylic acids is 1. The van der Waals surface area contributed by atoms with Gasteiger partial charge in [-0.1, -0.05) is 29.8 Å². The number of pyridine rings is 1. The molecule has 140 valence electrons. The molecular weight excluding hydrogens is 392 g/mol. The number of sulfone groups is 1. The summed E-state index contributed by atoms with van der Waals surface area (Å²) < 4.78 is 29.6. The van der Waals surface area contributed by atoms with E-state index in [0.717, 1.165) is 5.39 Å². The van der Waals surface area contributed by atoms with Gasteiger partial charge in [0.1, 0.15) is 11.0 Å². The monoisotopic (exact) mass is 406 g/mol. The smallest absolute Gasteiger partial charge is 0.360 e. The van der Waals surface area contributed by atoms with Crippen LogP contribution in [0.4, 0.5) is 5.82 Å². The molecule has 2 heterocycles. The minimum Gasteiger partial charge on any atom is -0.464 e. The lowest BCUT2D eigenvalue weighted by molar-refractivity contribution is 0.0594. The number of nitrogens with zero attached hydrogens (tertiary/aromatic N) is 3. The topological polar surface area (TPSA) is 111 Å². The molecule has 2 aromatic heterocycles. The normalized spacial score (nSPS) is 11.3. The van der Waals surface area contributed by atoms with Crippen LogP contribution in [0.15, 0.2) is 42.7 Å². The summed E-state index contributed by atoms with van der Waals surface area (Å²) in [6.07, 6.45) is 2.65. The molecule has 0 saturated carbocycles. The van der Waals surface area contributed by atoms with Crippen LogP contribution in [-0.2, 0) is 20.3 Å². The molecule has 1 aromatic carbocycles. The third-order valence-corrected chi connectivity index (χ3v) is 5.32. The van der Waals surface area contributed by atoms with Crippen molar-refractivity contribution in [3.63, 3.8) is 0 Å². The Labute approximate surface area is 160 Å². The van der Waals surface area contributed by atoms with Gasteiger partial charge in [-0.25, -0.2) is 28.2 Å². The maximum atomic E-state index is 12.5. The van der Waals surface area contributed by atoms with Gasteiger partial charge in [0.2, 0.25) is 0 Å². The van der Waals surface area contributed by atoms with Crippen molar-refractivity contribution in [1.82, 2.24) is 15.0 Å². The molecule has 8 nitrogen and oxygen atoms in total. The quantitative estimate of drug-likeness (QED) is 0.490. The summed E-state index contributed by atoms with van der Waals surface area (Å²) in [5.41, 5.74) is 0.981. The summed E-state index contributed by atoms with van der Waals surface area (Å²) >= 11 is 6.13. The van der Waals surface area contributed by atoms with Crippen molar-refractivity contribution < 1.29 is 17.9 Å². The average Bonchev–Trinajstić information content (AvgIpc) is 2.66. The number of para-hydroxylation sites is 1. The van der Waals surface area contributed by atoms with E-state index in [0.29, 0.717) is 11.1 Å². The molecule has 0 fully saturated rings. The molecule has 0 atom stereocenters. The number of nitrogens with one attached hydrogen (secondary N) is 1. The molecule has 0 bridgehead atoms. The predicted octanol–water partition coefficient (Wildman–Crippen LogP) is 2.45. The number of hydrogen-bond donors (Lipinski definition) is 1. The van der Waals surface area contributed by atoms with Crippen LogP contribution in [0.2, 0.25) is 5.15 Å². The summed E-state index contributed by atoms with van der Waals surface area (Å²) in [5.74, 6) is -1.47. The van der Waals surface area contributed by atoms with Gasteiger partial charge in [0.05, 0.1) is 18.4 Å². The van der Waals surface area contributed by atoms with E-state index in [9.17, 15) is 13.2 Å². The SMILES string of the molecule is COC(=O)c1nccnc1NCS(=O)(=O)Cc1cc2ccccc2nc1Cl. The van der Waals surface area contributed by atoms with E-state index >= 15 is 0 Å². The second-order valence-electron chi connectivity index (χ2n) is 5.59. The summed E-state index contributed by atoms with van der Waals surface area (Å²) in [6, 6.07) is 8.98. The van der Waals surface area contributed by atoms with Crippen molar-refractivity contribution in [2.45, 2.75) is 5.75 Å². The van der Waals surface area contributed by atoms with E-state index in [1.807, 2.05) is 18.2 Å². The highest BCUT2D eigenvalue weighted by atomic mass is 35.5. The second-order valence-corrected chi connectivity index (χ2v) is 8.01. The van der Waals surface area contributed by atoms with Crippen LogP contribution in [0.5, 0.6) is 0 Å². The predicted molar refractivity (Wildman–Crippen MR) is 101 cm³/mol. The van der Waals surface area contributed by atoms with Gasteiger partial charge in [-0.2, -0.15) is 0 Å². The maximum absolute atomic E-state index is 12.5. The lowest BCUT2D eigenvalue weighted by Gasteiger charge is -2.10. The van der Waals surface area contributed by atoms with Gasteiger partial charge < -0.3 is 10.1 Å².